The van der Waals surface area contributed by atoms with E-state index in [2.05, 4.69) is 0 Å². The summed E-state index contributed by atoms with van der Waals surface area (Å²) in [4.78, 5) is 0.467. The van der Waals surface area contributed by atoms with Crippen molar-refractivity contribution in [2.24, 2.45) is 0 Å². The molecule has 1 atom stereocenters. The second-order valence-electron chi connectivity index (χ2n) is 3.67. The van der Waals surface area contributed by atoms with E-state index in [4.69, 9.17) is 11.6 Å². The lowest BCUT2D eigenvalue weighted by Crippen LogP contribution is -2.01. The lowest BCUT2D eigenvalue weighted by molar-refractivity contribution is 0.218. The number of aryl methyl sites for hydroxylation is 1. The summed E-state index contributed by atoms with van der Waals surface area (Å²) < 4.78 is 26.2. The Kier molecular flexibility index (Phi) is 3.47. The van der Waals surface area contributed by atoms with Crippen molar-refractivity contribution in [2.75, 3.05) is 0 Å². The van der Waals surface area contributed by atoms with Gasteiger partial charge in [0.05, 0.1) is 9.90 Å². The van der Waals surface area contributed by atoms with E-state index in [-0.39, 0.29) is 5.56 Å². The molecule has 17 heavy (non-hydrogen) atoms. The van der Waals surface area contributed by atoms with Crippen LogP contribution in [-0.2, 0) is 0 Å². The van der Waals surface area contributed by atoms with Gasteiger partial charge in [0, 0.05) is 11.6 Å². The Bertz CT molecular complexity index is 553. The normalized spacial score (nSPS) is 12.8. The molecular formula is C12H9ClF2OS. The summed E-state index contributed by atoms with van der Waals surface area (Å²) in [5.41, 5.74) is 0.850. The van der Waals surface area contributed by atoms with Crippen LogP contribution >= 0.6 is 22.9 Å². The van der Waals surface area contributed by atoms with Crippen molar-refractivity contribution in [1.82, 2.24) is 0 Å². The molecule has 0 aliphatic rings. The second kappa shape index (κ2) is 4.72. The number of benzene rings is 1. The predicted molar refractivity (Wildman–Crippen MR) is 64.5 cm³/mol. The third-order valence-electron chi connectivity index (χ3n) is 2.43. The number of aliphatic hydroxyl groups is 1. The van der Waals surface area contributed by atoms with Crippen LogP contribution in [0.2, 0.25) is 5.02 Å². The summed E-state index contributed by atoms with van der Waals surface area (Å²) in [6.07, 6.45) is -1.17. The minimum Gasteiger partial charge on any atom is -0.383 e. The summed E-state index contributed by atoms with van der Waals surface area (Å²) in [5, 5.41) is 12.2. The lowest BCUT2D eigenvalue weighted by Gasteiger charge is -2.11. The first kappa shape index (κ1) is 12.5. The van der Waals surface area contributed by atoms with Crippen LogP contribution in [0.25, 0.3) is 0 Å². The molecule has 0 fully saturated rings. The van der Waals surface area contributed by atoms with Gasteiger partial charge in [0.1, 0.15) is 17.7 Å². The van der Waals surface area contributed by atoms with E-state index in [9.17, 15) is 13.9 Å². The maximum atomic E-state index is 13.5. The molecule has 0 spiro atoms. The van der Waals surface area contributed by atoms with E-state index in [1.54, 1.807) is 12.3 Å². The fourth-order valence-corrected chi connectivity index (χ4v) is 2.80. The molecule has 1 N–H and O–H groups in total. The largest absolute Gasteiger partial charge is 0.383 e. The van der Waals surface area contributed by atoms with Gasteiger partial charge in [-0.05, 0) is 23.9 Å². The minimum absolute atomic E-state index is 0.0233. The number of halogens is 3. The molecule has 1 heterocycles. The number of hydrogen-bond donors (Lipinski definition) is 1. The highest BCUT2D eigenvalue weighted by atomic mass is 35.5. The topological polar surface area (TPSA) is 20.2 Å². The minimum atomic E-state index is -1.17. The first-order chi connectivity index (χ1) is 8.00. The molecule has 2 rings (SSSR count). The highest BCUT2D eigenvalue weighted by Gasteiger charge is 2.20. The molecule has 1 aromatic carbocycles. The molecular weight excluding hydrogens is 266 g/mol. The van der Waals surface area contributed by atoms with Crippen LogP contribution in [0, 0.1) is 18.6 Å². The van der Waals surface area contributed by atoms with Crippen LogP contribution in [0.4, 0.5) is 8.78 Å². The smallest absolute Gasteiger partial charge is 0.132 e. The predicted octanol–water partition coefficient (Wildman–Crippen LogP) is 4.07. The molecule has 0 aliphatic heterocycles. The number of thiophene rings is 1. The first-order valence-electron chi connectivity index (χ1n) is 4.87. The van der Waals surface area contributed by atoms with Crippen molar-refractivity contribution in [3.63, 3.8) is 0 Å². The van der Waals surface area contributed by atoms with Gasteiger partial charge in [-0.2, -0.15) is 0 Å². The average molecular weight is 275 g/mol. The van der Waals surface area contributed by atoms with E-state index in [1.165, 1.54) is 17.4 Å². The van der Waals surface area contributed by atoms with E-state index >= 15 is 0 Å². The maximum Gasteiger partial charge on any atom is 0.132 e. The summed E-state index contributed by atoms with van der Waals surface area (Å²) in [7, 11) is 0. The Morgan fingerprint density at radius 1 is 1.35 bits per heavy atom. The third-order valence-corrected chi connectivity index (χ3v) is 4.20. The molecule has 0 bridgehead atoms. The number of rotatable bonds is 2. The van der Waals surface area contributed by atoms with Gasteiger partial charge in [0.25, 0.3) is 0 Å². The molecule has 0 amide bonds. The van der Waals surface area contributed by atoms with Crippen LogP contribution in [0.15, 0.2) is 23.6 Å². The molecule has 1 nitrogen and oxygen atoms in total. The van der Waals surface area contributed by atoms with Gasteiger partial charge in [-0.3, -0.25) is 0 Å². The molecule has 90 valence electrons. The Hall–Kier alpha value is -0.970. The zero-order chi connectivity index (χ0) is 12.6. The van der Waals surface area contributed by atoms with Crippen molar-refractivity contribution in [2.45, 2.75) is 13.0 Å². The second-order valence-corrected chi connectivity index (χ2v) is 4.95. The van der Waals surface area contributed by atoms with E-state index < -0.39 is 17.7 Å². The Balaban J connectivity index is 2.43. The quantitative estimate of drug-likeness (QED) is 0.875. The van der Waals surface area contributed by atoms with Crippen LogP contribution in [0.1, 0.15) is 22.1 Å². The van der Waals surface area contributed by atoms with Crippen LogP contribution in [0.5, 0.6) is 0 Å². The van der Waals surface area contributed by atoms with Gasteiger partial charge in [-0.25, -0.2) is 8.78 Å². The average Bonchev–Trinajstić information content (AvgIpc) is 2.59. The molecule has 0 saturated carbocycles. The zero-order valence-corrected chi connectivity index (χ0v) is 10.4. The summed E-state index contributed by atoms with van der Waals surface area (Å²) in [6, 6.07) is 3.07. The third kappa shape index (κ3) is 2.34. The summed E-state index contributed by atoms with van der Waals surface area (Å²) in [6.45, 7) is 1.80. The Morgan fingerprint density at radius 3 is 2.59 bits per heavy atom. The van der Waals surface area contributed by atoms with Crippen LogP contribution < -0.4 is 0 Å². The van der Waals surface area contributed by atoms with Gasteiger partial charge >= 0.3 is 0 Å². The van der Waals surface area contributed by atoms with Gasteiger partial charge < -0.3 is 5.11 Å². The summed E-state index contributed by atoms with van der Waals surface area (Å²) in [5.74, 6) is -1.45. The summed E-state index contributed by atoms with van der Waals surface area (Å²) >= 11 is 7.24. The molecule has 2 aromatic rings. The molecule has 0 saturated heterocycles. The van der Waals surface area contributed by atoms with Crippen molar-refractivity contribution in [3.05, 3.63) is 56.2 Å². The molecule has 1 aromatic heterocycles. The van der Waals surface area contributed by atoms with Crippen molar-refractivity contribution >= 4 is 22.9 Å². The van der Waals surface area contributed by atoms with Crippen molar-refractivity contribution < 1.29 is 13.9 Å². The molecule has 1 unspecified atom stereocenters. The standard InChI is InChI=1S/C12H9ClF2OS/c1-6-5-17-12(10(6)13)11(16)8-3-2-7(14)4-9(8)15/h2-5,11,16H,1H3. The fourth-order valence-electron chi connectivity index (χ4n) is 1.50. The number of aliphatic hydroxyl groups excluding tert-OH is 1. The Morgan fingerprint density at radius 2 is 2.06 bits per heavy atom. The van der Waals surface area contributed by atoms with E-state index in [0.29, 0.717) is 9.90 Å². The SMILES string of the molecule is Cc1csc(C(O)c2ccc(F)cc2F)c1Cl. The van der Waals surface area contributed by atoms with E-state index in [1.807, 2.05) is 0 Å². The molecule has 5 heteroatoms. The van der Waals surface area contributed by atoms with Gasteiger partial charge in [0.2, 0.25) is 0 Å². The monoisotopic (exact) mass is 274 g/mol. The van der Waals surface area contributed by atoms with E-state index in [0.717, 1.165) is 17.7 Å². The van der Waals surface area contributed by atoms with Crippen molar-refractivity contribution in [1.29, 1.82) is 0 Å². The van der Waals surface area contributed by atoms with Crippen molar-refractivity contribution in [3.8, 4) is 0 Å². The zero-order valence-electron chi connectivity index (χ0n) is 8.88. The molecule has 0 radical (unpaired) electrons. The maximum absolute atomic E-state index is 13.5. The number of hydrogen-bond acceptors (Lipinski definition) is 2. The van der Waals surface area contributed by atoms with Crippen LogP contribution in [0.3, 0.4) is 0 Å². The Labute approximate surface area is 106 Å². The van der Waals surface area contributed by atoms with Gasteiger partial charge in [-0.15, -0.1) is 11.3 Å². The molecule has 0 aliphatic carbocycles. The van der Waals surface area contributed by atoms with Gasteiger partial charge in [-0.1, -0.05) is 17.7 Å². The fraction of sp³-hybridized carbons (Fsp3) is 0.167. The highest BCUT2D eigenvalue weighted by Crippen LogP contribution is 2.36. The van der Waals surface area contributed by atoms with Crippen LogP contribution in [-0.4, -0.2) is 5.11 Å². The first-order valence-corrected chi connectivity index (χ1v) is 6.13. The highest BCUT2D eigenvalue weighted by molar-refractivity contribution is 7.10. The van der Waals surface area contributed by atoms with Gasteiger partial charge in [0.15, 0.2) is 0 Å². The lowest BCUT2D eigenvalue weighted by atomic mass is 10.1.